The highest BCUT2D eigenvalue weighted by molar-refractivity contribution is 6.16. The minimum atomic E-state index is -0.0935. The van der Waals surface area contributed by atoms with Crippen LogP contribution in [0, 0.1) is 0 Å². The summed E-state index contributed by atoms with van der Waals surface area (Å²) < 4.78 is 5.38. The van der Waals surface area contributed by atoms with Gasteiger partial charge < -0.3 is 15.5 Å². The molecular weight excluding hydrogens is 266 g/mol. The first-order chi connectivity index (χ1) is 10.2. The molecule has 3 rings (SSSR count). The van der Waals surface area contributed by atoms with Crippen molar-refractivity contribution in [3.63, 3.8) is 0 Å². The lowest BCUT2D eigenvalue weighted by Crippen LogP contribution is -2.03. The number of hydrogen-bond acceptors (Lipinski definition) is 4. The molecule has 106 valence electrons. The number of hydrogen-bond donors (Lipinski definition) is 2. The molecule has 1 aromatic carbocycles. The van der Waals surface area contributed by atoms with Crippen molar-refractivity contribution in [2.45, 2.75) is 6.92 Å². The van der Waals surface area contributed by atoms with Crippen LogP contribution in [0.3, 0.4) is 0 Å². The molecule has 0 spiro atoms. The molecule has 3 aromatic rings. The van der Waals surface area contributed by atoms with Crippen LogP contribution in [0.2, 0.25) is 0 Å². The summed E-state index contributed by atoms with van der Waals surface area (Å²) in [5.41, 5.74) is 8.37. The second-order valence-electron chi connectivity index (χ2n) is 4.64. The number of carbonyl (C=O) groups excluding carboxylic acids is 1. The maximum atomic E-state index is 12.6. The summed E-state index contributed by atoms with van der Waals surface area (Å²) in [6.07, 6.45) is 5.06. The minimum Gasteiger partial charge on any atom is -0.492 e. The van der Waals surface area contributed by atoms with Crippen molar-refractivity contribution in [2.24, 2.45) is 0 Å². The summed E-state index contributed by atoms with van der Waals surface area (Å²) in [7, 11) is 0. The van der Waals surface area contributed by atoms with E-state index >= 15 is 0 Å². The standard InChI is InChI=1S/C16H15N3O2/c1-2-21-15-4-3-10(7-13(15)17)16(20)12-9-19-14-5-6-18-8-11(12)14/h3-9,19H,2,17H2,1H3. The molecule has 0 radical (unpaired) electrons. The van der Waals surface area contributed by atoms with Crippen LogP contribution in [-0.4, -0.2) is 22.4 Å². The highest BCUT2D eigenvalue weighted by atomic mass is 16.5. The first kappa shape index (κ1) is 13.2. The second-order valence-corrected chi connectivity index (χ2v) is 4.64. The Balaban J connectivity index is 2.00. The zero-order chi connectivity index (χ0) is 14.8. The molecule has 0 bridgehead atoms. The Kier molecular flexibility index (Phi) is 3.31. The molecule has 0 amide bonds. The quantitative estimate of drug-likeness (QED) is 0.569. The fourth-order valence-electron chi connectivity index (χ4n) is 2.28. The van der Waals surface area contributed by atoms with Gasteiger partial charge in [0.15, 0.2) is 5.78 Å². The molecule has 3 N–H and O–H groups in total. The highest BCUT2D eigenvalue weighted by Crippen LogP contribution is 2.26. The molecule has 21 heavy (non-hydrogen) atoms. The van der Waals surface area contributed by atoms with Gasteiger partial charge in [0.2, 0.25) is 0 Å². The number of rotatable bonds is 4. The minimum absolute atomic E-state index is 0.0935. The SMILES string of the molecule is CCOc1ccc(C(=O)c2c[nH]c3ccncc23)cc1N. The molecule has 0 saturated heterocycles. The van der Waals surface area contributed by atoms with Crippen LogP contribution in [-0.2, 0) is 0 Å². The zero-order valence-electron chi connectivity index (χ0n) is 11.6. The van der Waals surface area contributed by atoms with Crippen LogP contribution >= 0.6 is 0 Å². The Labute approximate surface area is 121 Å². The smallest absolute Gasteiger partial charge is 0.195 e. The number of nitrogens with two attached hydrogens (primary N) is 1. The van der Waals surface area contributed by atoms with E-state index in [-0.39, 0.29) is 5.78 Å². The fourth-order valence-corrected chi connectivity index (χ4v) is 2.28. The summed E-state index contributed by atoms with van der Waals surface area (Å²) >= 11 is 0. The van der Waals surface area contributed by atoms with Gasteiger partial charge in [-0.3, -0.25) is 9.78 Å². The van der Waals surface area contributed by atoms with Gasteiger partial charge in [-0.05, 0) is 31.2 Å². The van der Waals surface area contributed by atoms with Crippen LogP contribution in [0.1, 0.15) is 22.8 Å². The number of carbonyl (C=O) groups is 1. The third-order valence-corrected chi connectivity index (χ3v) is 3.30. The average Bonchev–Trinajstić information content (AvgIpc) is 2.93. The predicted molar refractivity (Wildman–Crippen MR) is 81.5 cm³/mol. The van der Waals surface area contributed by atoms with Gasteiger partial charge in [-0.25, -0.2) is 0 Å². The molecule has 0 saturated carbocycles. The number of benzene rings is 1. The molecule has 0 fully saturated rings. The lowest BCUT2D eigenvalue weighted by molar-refractivity contribution is 0.104. The number of anilines is 1. The van der Waals surface area contributed by atoms with E-state index in [4.69, 9.17) is 10.5 Å². The van der Waals surface area contributed by atoms with Gasteiger partial charge in [0, 0.05) is 40.6 Å². The van der Waals surface area contributed by atoms with Crippen molar-refractivity contribution in [2.75, 3.05) is 12.3 Å². The Morgan fingerprint density at radius 2 is 2.24 bits per heavy atom. The van der Waals surface area contributed by atoms with Crippen LogP contribution in [0.25, 0.3) is 10.9 Å². The lowest BCUT2D eigenvalue weighted by atomic mass is 10.0. The molecule has 5 heteroatoms. The third-order valence-electron chi connectivity index (χ3n) is 3.30. The van der Waals surface area contributed by atoms with Crippen LogP contribution in [0.5, 0.6) is 5.75 Å². The fraction of sp³-hybridized carbons (Fsp3) is 0.125. The van der Waals surface area contributed by atoms with Gasteiger partial charge >= 0.3 is 0 Å². The Morgan fingerprint density at radius 1 is 1.38 bits per heavy atom. The number of aromatic amines is 1. The first-order valence-corrected chi connectivity index (χ1v) is 6.69. The molecule has 0 aliphatic rings. The number of H-pyrrole nitrogens is 1. The third kappa shape index (κ3) is 2.33. The number of nitrogens with one attached hydrogen (secondary N) is 1. The maximum absolute atomic E-state index is 12.6. The van der Waals surface area contributed by atoms with Crippen molar-refractivity contribution in [1.29, 1.82) is 0 Å². The Bertz CT molecular complexity index is 808. The molecule has 0 unspecified atom stereocenters. The summed E-state index contributed by atoms with van der Waals surface area (Å²) in [4.78, 5) is 19.7. The van der Waals surface area contributed by atoms with Gasteiger partial charge in [0.05, 0.1) is 12.3 Å². The van der Waals surface area contributed by atoms with Crippen molar-refractivity contribution >= 4 is 22.4 Å². The van der Waals surface area contributed by atoms with E-state index in [0.29, 0.717) is 29.2 Å². The maximum Gasteiger partial charge on any atom is 0.195 e. The summed E-state index contributed by atoms with van der Waals surface area (Å²) in [5, 5.41) is 0.801. The Hall–Kier alpha value is -2.82. The second kappa shape index (κ2) is 5.28. The van der Waals surface area contributed by atoms with Gasteiger partial charge in [0.25, 0.3) is 0 Å². The van der Waals surface area contributed by atoms with Gasteiger partial charge in [-0.15, -0.1) is 0 Å². The van der Waals surface area contributed by atoms with Crippen molar-refractivity contribution in [1.82, 2.24) is 9.97 Å². The van der Waals surface area contributed by atoms with E-state index in [1.807, 2.05) is 13.0 Å². The number of nitrogen functional groups attached to an aromatic ring is 1. The number of aromatic nitrogens is 2. The Morgan fingerprint density at radius 3 is 3.00 bits per heavy atom. The number of nitrogens with zero attached hydrogens (tertiary/aromatic N) is 1. The number of fused-ring (bicyclic) bond motifs is 1. The van der Waals surface area contributed by atoms with Gasteiger partial charge in [0.1, 0.15) is 5.75 Å². The van der Waals surface area contributed by atoms with Gasteiger partial charge in [-0.2, -0.15) is 0 Å². The van der Waals surface area contributed by atoms with E-state index in [2.05, 4.69) is 9.97 Å². The molecular formula is C16H15N3O2. The molecule has 0 aliphatic heterocycles. The van der Waals surface area contributed by atoms with E-state index < -0.39 is 0 Å². The molecule has 2 aromatic heterocycles. The van der Waals surface area contributed by atoms with E-state index in [0.717, 1.165) is 10.9 Å². The van der Waals surface area contributed by atoms with E-state index in [9.17, 15) is 4.79 Å². The number of ketones is 1. The number of pyridine rings is 1. The molecule has 5 nitrogen and oxygen atoms in total. The van der Waals surface area contributed by atoms with Gasteiger partial charge in [-0.1, -0.05) is 0 Å². The molecule has 0 atom stereocenters. The van der Waals surface area contributed by atoms with Crippen molar-refractivity contribution < 1.29 is 9.53 Å². The normalized spacial score (nSPS) is 10.7. The van der Waals surface area contributed by atoms with Crippen LogP contribution in [0.4, 0.5) is 5.69 Å². The monoisotopic (exact) mass is 281 g/mol. The number of ether oxygens (including phenoxy) is 1. The van der Waals surface area contributed by atoms with E-state index in [1.54, 1.807) is 36.8 Å². The largest absolute Gasteiger partial charge is 0.492 e. The molecule has 2 heterocycles. The molecule has 0 aliphatic carbocycles. The zero-order valence-corrected chi connectivity index (χ0v) is 11.6. The van der Waals surface area contributed by atoms with E-state index in [1.165, 1.54) is 0 Å². The highest BCUT2D eigenvalue weighted by Gasteiger charge is 2.15. The van der Waals surface area contributed by atoms with Crippen molar-refractivity contribution in [3.05, 3.63) is 54.0 Å². The van der Waals surface area contributed by atoms with Crippen molar-refractivity contribution in [3.8, 4) is 5.75 Å². The van der Waals surface area contributed by atoms with Crippen LogP contribution in [0.15, 0.2) is 42.9 Å². The lowest BCUT2D eigenvalue weighted by Gasteiger charge is -2.08. The van der Waals surface area contributed by atoms with Crippen LogP contribution < -0.4 is 10.5 Å². The predicted octanol–water partition coefficient (Wildman–Crippen LogP) is 2.77. The summed E-state index contributed by atoms with van der Waals surface area (Å²) in [5.74, 6) is 0.499. The first-order valence-electron chi connectivity index (χ1n) is 6.69. The summed E-state index contributed by atoms with van der Waals surface area (Å²) in [6, 6.07) is 6.92. The topological polar surface area (TPSA) is 81.0 Å². The summed E-state index contributed by atoms with van der Waals surface area (Å²) in [6.45, 7) is 2.42. The average molecular weight is 281 g/mol.